The minimum Gasteiger partial charge on any atom is -0.508 e. The predicted octanol–water partition coefficient (Wildman–Crippen LogP) is 2.40. The first-order valence-electron chi connectivity index (χ1n) is 24.4. The van der Waals surface area contributed by atoms with Gasteiger partial charge < -0.3 is 88.2 Å². The second-order valence-electron chi connectivity index (χ2n) is 19.4. The van der Waals surface area contributed by atoms with E-state index in [1.165, 1.54) is 37.4 Å². The van der Waals surface area contributed by atoms with Crippen LogP contribution in [0.4, 0.5) is 0 Å². The number of amides is 7. The van der Waals surface area contributed by atoms with Crippen molar-refractivity contribution in [3.63, 3.8) is 0 Å². The summed E-state index contributed by atoms with van der Waals surface area (Å²) in [7, 11) is 1.50. The van der Waals surface area contributed by atoms with E-state index in [0.29, 0.717) is 0 Å². The Balaban J connectivity index is 1.36. The van der Waals surface area contributed by atoms with Crippen LogP contribution in [0.5, 0.6) is 46.0 Å². The number of ether oxygens (including phenoxy) is 2. The maximum absolute atomic E-state index is 15.4. The molecule has 0 aliphatic carbocycles. The normalized spacial score (nSPS) is 22.4. The van der Waals surface area contributed by atoms with Crippen LogP contribution in [0.1, 0.15) is 84.8 Å². The number of hydrogen-bond acceptors (Lipinski definition) is 17. The van der Waals surface area contributed by atoms with Gasteiger partial charge in [0.1, 0.15) is 71.2 Å². The van der Waals surface area contributed by atoms with Gasteiger partial charge >= 0.3 is 5.97 Å². The van der Waals surface area contributed by atoms with Gasteiger partial charge in [-0.15, -0.1) is 0 Å². The summed E-state index contributed by atoms with van der Waals surface area (Å²) < 4.78 is 12.2. The summed E-state index contributed by atoms with van der Waals surface area (Å²) in [6.45, 7) is 3.68. The molecule has 0 saturated carbocycles. The number of benzene rings is 5. The van der Waals surface area contributed by atoms with Crippen molar-refractivity contribution >= 4 is 70.5 Å². The Hall–Kier alpha value is -8.88. The summed E-state index contributed by atoms with van der Waals surface area (Å²) >= 11 is 13.5. The van der Waals surface area contributed by atoms with E-state index in [-0.39, 0.29) is 56.1 Å². The van der Waals surface area contributed by atoms with Crippen molar-refractivity contribution in [3.05, 3.63) is 117 Å². The first-order chi connectivity index (χ1) is 37.8. The van der Waals surface area contributed by atoms with Gasteiger partial charge in [0.2, 0.25) is 47.1 Å². The van der Waals surface area contributed by atoms with Crippen LogP contribution in [0.15, 0.2) is 78.9 Å². The third kappa shape index (κ3) is 11.9. The van der Waals surface area contributed by atoms with Crippen LogP contribution in [-0.2, 0) is 38.4 Å². The lowest BCUT2D eigenvalue weighted by atomic mass is 9.89. The van der Waals surface area contributed by atoms with Crippen molar-refractivity contribution < 1.29 is 83.6 Å². The van der Waals surface area contributed by atoms with Gasteiger partial charge in [0.15, 0.2) is 17.5 Å². The molecule has 25 nitrogen and oxygen atoms in total. The average molecular weight is 1140 g/mol. The lowest BCUT2D eigenvalue weighted by Crippen LogP contribution is -2.59. The first-order valence-corrected chi connectivity index (χ1v) is 25.2. The van der Waals surface area contributed by atoms with Crippen LogP contribution in [0, 0.1) is 5.92 Å². The molecule has 11 bridgehead atoms. The van der Waals surface area contributed by atoms with Crippen molar-refractivity contribution in [1.29, 1.82) is 0 Å². The van der Waals surface area contributed by atoms with Crippen molar-refractivity contribution in [3.8, 4) is 57.1 Å². The number of aliphatic carboxylic acids is 1. The number of aliphatic hydroxyl groups excluding tert-OH is 2. The number of phenols is 4. The molecule has 5 aliphatic heterocycles. The highest BCUT2D eigenvalue weighted by atomic mass is 35.5. The van der Waals surface area contributed by atoms with Gasteiger partial charge in [0, 0.05) is 22.8 Å². The van der Waals surface area contributed by atoms with Crippen LogP contribution in [0.25, 0.3) is 11.1 Å². The zero-order valence-electron chi connectivity index (χ0n) is 42.2. The summed E-state index contributed by atoms with van der Waals surface area (Å²) in [4.78, 5) is 114. The van der Waals surface area contributed by atoms with Gasteiger partial charge in [-0.1, -0.05) is 55.2 Å². The van der Waals surface area contributed by atoms with Crippen LogP contribution in [-0.4, -0.2) is 114 Å². The molecule has 0 spiro atoms. The Kier molecular flexibility index (Phi) is 16.6. The number of primary amides is 1. The summed E-state index contributed by atoms with van der Waals surface area (Å²) in [6, 6.07) is 0.577. The van der Waals surface area contributed by atoms with E-state index in [4.69, 9.17) is 38.4 Å². The highest BCUT2D eigenvalue weighted by molar-refractivity contribution is 6.32. The van der Waals surface area contributed by atoms with Gasteiger partial charge in [0.05, 0.1) is 22.5 Å². The Morgan fingerprint density at radius 1 is 0.650 bits per heavy atom. The number of nitrogens with one attached hydrogen (secondary N) is 7. The molecule has 7 amide bonds. The fourth-order valence-corrected chi connectivity index (χ4v) is 9.80. The second-order valence-corrected chi connectivity index (χ2v) is 20.2. The average Bonchev–Trinajstić information content (AvgIpc) is 3.39. The van der Waals surface area contributed by atoms with Gasteiger partial charge in [0.25, 0.3) is 0 Å². The van der Waals surface area contributed by atoms with Crippen LogP contribution < -0.4 is 52.4 Å². The Morgan fingerprint density at radius 3 is 1.80 bits per heavy atom. The Labute approximate surface area is 463 Å². The number of nitrogens with two attached hydrogens (primary N) is 1. The molecular formula is C53H52Cl2N8O17. The Bertz CT molecular complexity index is 3380. The molecule has 10 rings (SSSR count). The summed E-state index contributed by atoms with van der Waals surface area (Å²) in [5, 5.41) is 96.1. The number of halogens is 2. The van der Waals surface area contributed by atoms with E-state index in [0.717, 1.165) is 48.5 Å². The van der Waals surface area contributed by atoms with E-state index in [1.807, 2.05) is 13.8 Å². The molecule has 0 fully saturated rings. The molecule has 27 heteroatoms. The van der Waals surface area contributed by atoms with Crippen LogP contribution in [0.3, 0.4) is 0 Å². The molecule has 0 saturated heterocycles. The SMILES string of the molecule is CN[C@H](CC(C)C)C(=O)N[C@H]1C(=O)N[C@@H](CC(N)=O)C(=O)N[C@H]2C(=O)N[C@H]3C(=O)N[C@H](C(=O)N[C@@H](C(=O)O)c4cc(O)cc(O)c4-c4cc3ccc4O)[C@H](O)c3ccc(c(Cl)c3)Oc3cc2cc(c3O)Oc2ccc(cc2Cl)[C@H]1O. The number of hydrogen-bond donors (Lipinski definition) is 15. The summed E-state index contributed by atoms with van der Waals surface area (Å²) in [6.07, 6.45) is -4.77. The minimum atomic E-state index is -2.19. The molecule has 5 aromatic rings. The maximum atomic E-state index is 15.4. The number of rotatable bonds is 8. The number of carboxylic acids is 1. The van der Waals surface area contributed by atoms with E-state index in [1.54, 1.807) is 0 Å². The number of carbonyl (C=O) groups is 8. The fraction of sp³-hybridized carbons (Fsp3) is 0.283. The molecule has 0 aromatic heterocycles. The molecule has 80 heavy (non-hydrogen) atoms. The van der Waals surface area contributed by atoms with E-state index in [2.05, 4.69) is 37.2 Å². The lowest BCUT2D eigenvalue weighted by molar-refractivity contribution is -0.143. The van der Waals surface area contributed by atoms with Gasteiger partial charge in [-0.25, -0.2) is 4.79 Å². The molecule has 0 unspecified atom stereocenters. The number of likely N-dealkylation sites (N-methyl/N-ethyl adjacent to an activating group) is 1. The number of carbonyl (C=O) groups excluding carboxylic acids is 7. The standard InChI is InChI=1S/C53H52Cl2N8O17/c1-19(2)10-29(57-3)47(71)62-42-44(68)21-5-8-33(27(54)12-21)79-35-14-23-15-36(46(35)70)80-34-9-6-22(13-28(34)55)45(69)43-52(76)61-41(53(77)78)26-16-24(64)17-32(66)38(26)25-11-20(4-7-31(25)65)39(49(73)63-43)60-50(74)40(23)59-48(72)30(18-37(56)67)58-51(42)75/h4-9,11-17,19,29-30,39-45,57,64-66,68-70H,10,18H2,1-3H3,(H2,56,67)(H,58,75)(H,59,72)(H,60,74)(H,61,76)(H,62,71)(H,63,73)(H,77,78)/t29-,30+,39-,40-,41-,42-,43+,44-,45-/m1/s1. The second kappa shape index (κ2) is 23.2. The molecule has 16 N–H and O–H groups in total. The maximum Gasteiger partial charge on any atom is 0.330 e. The van der Waals surface area contributed by atoms with Gasteiger partial charge in [-0.2, -0.15) is 0 Å². The van der Waals surface area contributed by atoms with Crippen molar-refractivity contribution in [2.24, 2.45) is 11.7 Å². The minimum absolute atomic E-state index is 0.0350. The number of fused-ring (bicyclic) bond motifs is 15. The largest absolute Gasteiger partial charge is 0.508 e. The zero-order valence-corrected chi connectivity index (χ0v) is 43.8. The quantitative estimate of drug-likeness (QED) is 0.106. The van der Waals surface area contributed by atoms with Crippen molar-refractivity contribution in [2.75, 3.05) is 7.05 Å². The number of carboxylic acid groups (broad SMARTS) is 1. The smallest absolute Gasteiger partial charge is 0.330 e. The third-order valence-electron chi connectivity index (χ3n) is 13.3. The molecule has 9 atom stereocenters. The molecular weight excluding hydrogens is 1090 g/mol. The predicted molar refractivity (Wildman–Crippen MR) is 280 cm³/mol. The van der Waals surface area contributed by atoms with Gasteiger partial charge in [-0.05, 0) is 96.2 Å². The number of aromatic hydroxyl groups is 4. The van der Waals surface area contributed by atoms with Crippen molar-refractivity contribution in [1.82, 2.24) is 37.2 Å². The highest BCUT2D eigenvalue weighted by Crippen LogP contribution is 2.47. The molecule has 5 aromatic carbocycles. The highest BCUT2D eigenvalue weighted by Gasteiger charge is 2.41. The van der Waals surface area contributed by atoms with Gasteiger partial charge in [-0.3, -0.25) is 33.6 Å². The monoisotopic (exact) mass is 1140 g/mol. The van der Waals surface area contributed by atoms with E-state index < -0.39 is 159 Å². The summed E-state index contributed by atoms with van der Waals surface area (Å²) in [5.74, 6) is -15.0. The third-order valence-corrected chi connectivity index (χ3v) is 13.9. The molecule has 0 radical (unpaired) electrons. The van der Waals surface area contributed by atoms with Crippen molar-refractivity contribution in [2.45, 2.75) is 81.2 Å². The van der Waals surface area contributed by atoms with Crippen LogP contribution in [0.2, 0.25) is 10.0 Å². The zero-order chi connectivity index (χ0) is 58.2. The van der Waals surface area contributed by atoms with E-state index in [9.17, 15) is 69.3 Å². The summed E-state index contributed by atoms with van der Waals surface area (Å²) in [5.41, 5.74) is 3.31. The van der Waals surface area contributed by atoms with Crippen LogP contribution >= 0.6 is 23.2 Å². The van der Waals surface area contributed by atoms with E-state index >= 15 is 4.79 Å². The number of aliphatic hydroxyl groups is 2. The Morgan fingerprint density at radius 2 is 1.23 bits per heavy atom. The number of phenolic OH excluding ortho intramolecular Hbond substituents is 4. The topological polar surface area (TPSA) is 407 Å². The fourth-order valence-electron chi connectivity index (χ4n) is 9.34. The molecule has 420 valence electrons. The lowest BCUT2D eigenvalue weighted by Gasteiger charge is -2.31. The first kappa shape index (κ1) is 57.3. The molecule has 5 aliphatic rings. The molecule has 5 heterocycles.